The number of pyridine rings is 1. The van der Waals surface area contributed by atoms with Crippen LogP contribution < -0.4 is 5.32 Å². The second-order valence-corrected chi connectivity index (χ2v) is 5.12. The molecule has 1 saturated carbocycles. The van der Waals surface area contributed by atoms with Crippen LogP contribution in [0.25, 0.3) is 0 Å². The molecule has 2 unspecified atom stereocenters. The number of anilines is 1. The maximum Gasteiger partial charge on any atom is 0.229 e. The lowest BCUT2D eigenvalue weighted by Crippen LogP contribution is -2.15. The van der Waals surface area contributed by atoms with Crippen LogP contribution in [0, 0.1) is 18.7 Å². The van der Waals surface area contributed by atoms with Gasteiger partial charge in [-0.15, -0.1) is 0 Å². The predicted molar refractivity (Wildman–Crippen MR) is 74.9 cm³/mol. The van der Waals surface area contributed by atoms with E-state index in [2.05, 4.69) is 10.3 Å². The Morgan fingerprint density at radius 2 is 2.05 bits per heavy atom. The average Bonchev–Trinajstić information content (AvgIpc) is 3.19. The molecular weight excluding hydrogens is 255 g/mol. The van der Waals surface area contributed by atoms with Crippen molar-refractivity contribution in [2.75, 3.05) is 5.32 Å². The van der Waals surface area contributed by atoms with Crippen molar-refractivity contribution in [3.63, 3.8) is 0 Å². The molecule has 0 bridgehead atoms. The number of hydrogen-bond donors (Lipinski definition) is 1. The fraction of sp³-hybridized carbons (Fsp3) is 0.250. The summed E-state index contributed by atoms with van der Waals surface area (Å²) in [5, 5.41) is 2.79. The highest BCUT2D eigenvalue weighted by Crippen LogP contribution is 2.48. The van der Waals surface area contributed by atoms with Gasteiger partial charge in [0.2, 0.25) is 5.91 Å². The topological polar surface area (TPSA) is 42.0 Å². The normalized spacial score (nSPS) is 20.5. The van der Waals surface area contributed by atoms with E-state index >= 15 is 0 Å². The number of rotatable bonds is 3. The van der Waals surface area contributed by atoms with Gasteiger partial charge in [0.15, 0.2) is 0 Å². The minimum Gasteiger partial charge on any atom is -0.310 e. The number of carbonyl (C=O) groups excluding carboxylic acids is 1. The Kier molecular flexibility index (Phi) is 3.22. The monoisotopic (exact) mass is 270 g/mol. The van der Waals surface area contributed by atoms with Crippen LogP contribution in [0.1, 0.15) is 23.6 Å². The summed E-state index contributed by atoms with van der Waals surface area (Å²) >= 11 is 0. The number of carbonyl (C=O) groups is 1. The lowest BCUT2D eigenvalue weighted by Gasteiger charge is -2.05. The first-order valence-electron chi connectivity index (χ1n) is 6.64. The van der Waals surface area contributed by atoms with Crippen molar-refractivity contribution in [3.8, 4) is 0 Å². The van der Waals surface area contributed by atoms with Gasteiger partial charge in [-0.3, -0.25) is 4.79 Å². The molecule has 1 aliphatic carbocycles. The van der Waals surface area contributed by atoms with Gasteiger partial charge in [0.05, 0.1) is 0 Å². The summed E-state index contributed by atoms with van der Waals surface area (Å²) in [5.74, 6) is 0.0576. The first-order chi connectivity index (χ1) is 9.65. The summed E-state index contributed by atoms with van der Waals surface area (Å²) in [6, 6.07) is 12.1. The highest BCUT2D eigenvalue weighted by molar-refractivity contribution is 5.94. The summed E-state index contributed by atoms with van der Waals surface area (Å²) in [4.78, 5) is 16.3. The molecule has 1 N–H and O–H groups in total. The van der Waals surface area contributed by atoms with Crippen molar-refractivity contribution in [3.05, 3.63) is 59.5 Å². The number of nitrogens with zero attached hydrogens (tertiary/aromatic N) is 1. The third-order valence-corrected chi connectivity index (χ3v) is 3.57. The van der Waals surface area contributed by atoms with Crippen molar-refractivity contribution in [2.24, 2.45) is 5.92 Å². The Morgan fingerprint density at radius 1 is 1.25 bits per heavy atom. The average molecular weight is 270 g/mol. The zero-order valence-corrected chi connectivity index (χ0v) is 11.1. The summed E-state index contributed by atoms with van der Waals surface area (Å²) < 4.78 is 13.7. The predicted octanol–water partition coefficient (Wildman–Crippen LogP) is 3.27. The molecule has 1 aromatic carbocycles. The lowest BCUT2D eigenvalue weighted by atomic mass is 10.1. The third kappa shape index (κ3) is 2.54. The van der Waals surface area contributed by atoms with Crippen LogP contribution in [0.2, 0.25) is 0 Å². The second kappa shape index (κ2) is 5.04. The van der Waals surface area contributed by atoms with E-state index in [1.807, 2.05) is 19.1 Å². The number of aryl methyl sites for hydroxylation is 1. The van der Waals surface area contributed by atoms with E-state index in [1.54, 1.807) is 24.3 Å². The smallest absolute Gasteiger partial charge is 0.229 e. The van der Waals surface area contributed by atoms with E-state index in [4.69, 9.17) is 0 Å². The molecule has 4 heteroatoms. The SMILES string of the molecule is Cc1cccc(NC(=O)C2CC2c2ccccc2F)n1. The third-order valence-electron chi connectivity index (χ3n) is 3.57. The van der Waals surface area contributed by atoms with Crippen LogP contribution in [0.4, 0.5) is 10.2 Å². The highest BCUT2D eigenvalue weighted by atomic mass is 19.1. The van der Waals surface area contributed by atoms with Crippen molar-refractivity contribution >= 4 is 11.7 Å². The minimum absolute atomic E-state index is 0.0130. The zero-order chi connectivity index (χ0) is 14.1. The number of amides is 1. The van der Waals surface area contributed by atoms with Gasteiger partial charge in [-0.05, 0) is 43.0 Å². The van der Waals surface area contributed by atoms with Crippen LogP contribution in [0.5, 0.6) is 0 Å². The quantitative estimate of drug-likeness (QED) is 0.930. The lowest BCUT2D eigenvalue weighted by molar-refractivity contribution is -0.117. The largest absolute Gasteiger partial charge is 0.310 e. The van der Waals surface area contributed by atoms with E-state index in [-0.39, 0.29) is 23.6 Å². The van der Waals surface area contributed by atoms with Crippen molar-refractivity contribution in [2.45, 2.75) is 19.3 Å². The van der Waals surface area contributed by atoms with E-state index in [9.17, 15) is 9.18 Å². The molecule has 0 radical (unpaired) electrons. The maximum absolute atomic E-state index is 13.7. The number of hydrogen-bond acceptors (Lipinski definition) is 2. The number of halogens is 1. The molecule has 1 fully saturated rings. The van der Waals surface area contributed by atoms with Gasteiger partial charge in [-0.25, -0.2) is 9.37 Å². The highest BCUT2D eigenvalue weighted by Gasteiger charge is 2.45. The first-order valence-corrected chi connectivity index (χ1v) is 6.64. The van der Waals surface area contributed by atoms with E-state index in [1.165, 1.54) is 6.07 Å². The van der Waals surface area contributed by atoms with E-state index in [0.29, 0.717) is 17.8 Å². The van der Waals surface area contributed by atoms with Gasteiger partial charge >= 0.3 is 0 Å². The summed E-state index contributed by atoms with van der Waals surface area (Å²) in [6.45, 7) is 1.87. The summed E-state index contributed by atoms with van der Waals surface area (Å²) in [7, 11) is 0. The molecule has 2 atom stereocenters. The molecule has 1 aliphatic rings. The fourth-order valence-electron chi connectivity index (χ4n) is 2.44. The van der Waals surface area contributed by atoms with Gasteiger partial charge in [0.25, 0.3) is 0 Å². The molecule has 20 heavy (non-hydrogen) atoms. The fourth-order valence-corrected chi connectivity index (χ4v) is 2.44. The van der Waals surface area contributed by atoms with E-state index < -0.39 is 0 Å². The molecule has 1 amide bonds. The standard InChI is InChI=1S/C16H15FN2O/c1-10-5-4-8-15(18-10)19-16(20)13-9-12(13)11-6-2-3-7-14(11)17/h2-8,12-13H,9H2,1H3,(H,18,19,20). The minimum atomic E-state index is -0.235. The molecular formula is C16H15FN2O. The molecule has 2 aromatic rings. The van der Waals surface area contributed by atoms with Crippen LogP contribution in [0.3, 0.4) is 0 Å². The van der Waals surface area contributed by atoms with Crippen LogP contribution in [-0.4, -0.2) is 10.9 Å². The number of nitrogens with one attached hydrogen (secondary N) is 1. The Bertz CT molecular complexity index is 656. The maximum atomic E-state index is 13.7. The van der Waals surface area contributed by atoms with Crippen molar-refractivity contribution < 1.29 is 9.18 Å². The van der Waals surface area contributed by atoms with Crippen LogP contribution >= 0.6 is 0 Å². The molecule has 3 rings (SSSR count). The number of benzene rings is 1. The van der Waals surface area contributed by atoms with Gasteiger partial charge in [0.1, 0.15) is 11.6 Å². The van der Waals surface area contributed by atoms with Gasteiger partial charge in [0, 0.05) is 11.6 Å². The first kappa shape index (κ1) is 12.8. The second-order valence-electron chi connectivity index (χ2n) is 5.12. The van der Waals surface area contributed by atoms with E-state index in [0.717, 1.165) is 5.69 Å². The van der Waals surface area contributed by atoms with Gasteiger partial charge in [-0.2, -0.15) is 0 Å². The molecule has 0 aliphatic heterocycles. The van der Waals surface area contributed by atoms with Crippen LogP contribution in [-0.2, 0) is 4.79 Å². The Morgan fingerprint density at radius 3 is 2.80 bits per heavy atom. The van der Waals surface area contributed by atoms with Crippen molar-refractivity contribution in [1.82, 2.24) is 4.98 Å². The molecule has 0 spiro atoms. The Hall–Kier alpha value is -2.23. The molecule has 102 valence electrons. The molecule has 1 aromatic heterocycles. The van der Waals surface area contributed by atoms with Crippen LogP contribution in [0.15, 0.2) is 42.5 Å². The van der Waals surface area contributed by atoms with Gasteiger partial charge < -0.3 is 5.32 Å². The van der Waals surface area contributed by atoms with Gasteiger partial charge in [-0.1, -0.05) is 24.3 Å². The van der Waals surface area contributed by atoms with Crippen molar-refractivity contribution in [1.29, 1.82) is 0 Å². The number of aromatic nitrogens is 1. The summed E-state index contributed by atoms with van der Waals surface area (Å²) in [5.41, 5.74) is 1.48. The summed E-state index contributed by atoms with van der Waals surface area (Å²) in [6.07, 6.45) is 0.693. The molecule has 0 saturated heterocycles. The molecule has 1 heterocycles. The Labute approximate surface area is 116 Å². The zero-order valence-electron chi connectivity index (χ0n) is 11.1. The molecule has 3 nitrogen and oxygen atoms in total. The Balaban J connectivity index is 1.68.